The Kier molecular flexibility index (Phi) is 10.1. The molecule has 0 spiro atoms. The van der Waals surface area contributed by atoms with Crippen molar-refractivity contribution in [1.82, 2.24) is 5.32 Å². The van der Waals surface area contributed by atoms with Gasteiger partial charge in [0.15, 0.2) is 5.88 Å². The lowest BCUT2D eigenvalue weighted by molar-refractivity contribution is 0.204. The maximum Gasteiger partial charge on any atom is 0.189 e. The van der Waals surface area contributed by atoms with Gasteiger partial charge < -0.3 is 10.1 Å². The Hall–Kier alpha value is -0.920. The van der Waals surface area contributed by atoms with E-state index in [0.29, 0.717) is 5.88 Å². The molecule has 1 heterocycles. The number of ether oxygens (including phenoxy) is 1. The zero-order chi connectivity index (χ0) is 17.0. The Morgan fingerprint density at radius 2 is 1.35 bits per heavy atom. The first-order valence-corrected chi connectivity index (χ1v) is 9.90. The monoisotopic (exact) mass is 321 g/mol. The molecule has 0 saturated heterocycles. The average molecular weight is 322 g/mol. The fourth-order valence-electron chi connectivity index (χ4n) is 3.20. The van der Waals surface area contributed by atoms with E-state index in [1.807, 2.05) is 6.20 Å². The molecule has 0 aromatic carbocycles. The quantitative estimate of drug-likeness (QED) is 0.346. The molecule has 2 heteroatoms. The van der Waals surface area contributed by atoms with Crippen LogP contribution in [0.25, 0.3) is 0 Å². The zero-order valence-corrected chi connectivity index (χ0v) is 15.9. The van der Waals surface area contributed by atoms with Crippen molar-refractivity contribution >= 4 is 0 Å². The zero-order valence-electron chi connectivity index (χ0n) is 15.9. The minimum Gasteiger partial charge on any atom is -0.444 e. The molecule has 0 unspecified atom stereocenters. The van der Waals surface area contributed by atoms with E-state index in [4.69, 9.17) is 4.74 Å². The molecule has 1 aliphatic rings. The summed E-state index contributed by atoms with van der Waals surface area (Å²) in [4.78, 5) is 0. The van der Waals surface area contributed by atoms with Gasteiger partial charge in [-0.15, -0.1) is 0 Å². The number of nitrogens with one attached hydrogen (secondary N) is 1. The molecule has 1 N–H and O–H groups in total. The van der Waals surface area contributed by atoms with Crippen molar-refractivity contribution in [2.75, 3.05) is 0 Å². The molecule has 0 fully saturated rings. The van der Waals surface area contributed by atoms with Gasteiger partial charge >= 0.3 is 0 Å². The second-order valence-corrected chi connectivity index (χ2v) is 7.70. The number of unbranched alkanes of at least 4 members (excludes halogenated alkanes) is 11. The molecule has 1 rings (SSSR count). The van der Waals surface area contributed by atoms with E-state index in [9.17, 15) is 0 Å². The molecular formula is C21H39NO. The first kappa shape index (κ1) is 20.1. The van der Waals surface area contributed by atoms with E-state index in [1.54, 1.807) is 0 Å². The highest BCUT2D eigenvalue weighted by Crippen LogP contribution is 2.35. The summed E-state index contributed by atoms with van der Waals surface area (Å²) in [5.41, 5.74) is 0.116. The van der Waals surface area contributed by atoms with Crippen molar-refractivity contribution in [3.05, 3.63) is 24.4 Å². The molecule has 2 nitrogen and oxygen atoms in total. The highest BCUT2D eigenvalue weighted by atomic mass is 16.5. The SMILES string of the molecule is C=C1NC=C(C(C)(C)CCCCCCCCCCCCCC)O1. The van der Waals surface area contributed by atoms with E-state index in [-0.39, 0.29) is 5.41 Å². The molecule has 0 saturated carbocycles. The molecule has 0 atom stereocenters. The molecule has 0 aliphatic carbocycles. The lowest BCUT2D eigenvalue weighted by Crippen LogP contribution is -2.14. The van der Waals surface area contributed by atoms with Crippen LogP contribution >= 0.6 is 0 Å². The van der Waals surface area contributed by atoms with Crippen LogP contribution in [0.1, 0.15) is 104 Å². The van der Waals surface area contributed by atoms with Gasteiger partial charge in [0.05, 0.1) is 0 Å². The third kappa shape index (κ3) is 9.07. The third-order valence-corrected chi connectivity index (χ3v) is 4.92. The summed E-state index contributed by atoms with van der Waals surface area (Å²) in [6.07, 6.45) is 20.0. The second-order valence-electron chi connectivity index (χ2n) is 7.70. The predicted molar refractivity (Wildman–Crippen MR) is 101 cm³/mol. The molecule has 0 aromatic rings. The highest BCUT2D eigenvalue weighted by molar-refractivity contribution is 5.14. The second kappa shape index (κ2) is 11.6. The molecule has 134 valence electrons. The summed E-state index contributed by atoms with van der Waals surface area (Å²) in [6, 6.07) is 0. The number of hydrogen-bond acceptors (Lipinski definition) is 2. The minimum atomic E-state index is 0.116. The van der Waals surface area contributed by atoms with Crippen molar-refractivity contribution in [2.45, 2.75) is 104 Å². The Morgan fingerprint density at radius 1 is 0.870 bits per heavy atom. The number of allylic oxidation sites excluding steroid dienone is 1. The number of rotatable bonds is 14. The number of hydrogen-bond donors (Lipinski definition) is 1. The van der Waals surface area contributed by atoms with Crippen LogP contribution in [0, 0.1) is 5.41 Å². The lowest BCUT2D eigenvalue weighted by Gasteiger charge is -2.24. The molecule has 0 bridgehead atoms. The lowest BCUT2D eigenvalue weighted by atomic mass is 9.85. The topological polar surface area (TPSA) is 21.3 Å². The van der Waals surface area contributed by atoms with Gasteiger partial charge in [0.2, 0.25) is 0 Å². The van der Waals surface area contributed by atoms with Gasteiger partial charge in [-0.3, -0.25) is 0 Å². The van der Waals surface area contributed by atoms with E-state index < -0.39 is 0 Å². The smallest absolute Gasteiger partial charge is 0.189 e. The first-order valence-electron chi connectivity index (χ1n) is 9.90. The summed E-state index contributed by atoms with van der Waals surface area (Å²) in [6.45, 7) is 10.6. The van der Waals surface area contributed by atoms with Crippen LogP contribution in [0.4, 0.5) is 0 Å². The van der Waals surface area contributed by atoms with Gasteiger partial charge in [0.1, 0.15) is 5.76 Å². The Balaban J connectivity index is 1.90. The maximum absolute atomic E-state index is 5.64. The fourth-order valence-corrected chi connectivity index (χ4v) is 3.20. The van der Waals surface area contributed by atoms with Crippen LogP contribution in [-0.2, 0) is 4.74 Å². The maximum atomic E-state index is 5.64. The average Bonchev–Trinajstić information content (AvgIpc) is 2.96. The third-order valence-electron chi connectivity index (χ3n) is 4.92. The molecule has 23 heavy (non-hydrogen) atoms. The normalized spacial score (nSPS) is 14.6. The predicted octanol–water partition coefficient (Wildman–Crippen LogP) is 7.04. The largest absolute Gasteiger partial charge is 0.444 e. The van der Waals surface area contributed by atoms with Gasteiger partial charge in [-0.2, -0.15) is 0 Å². The summed E-state index contributed by atoms with van der Waals surface area (Å²) < 4.78 is 5.64. The molecule has 0 aromatic heterocycles. The fraction of sp³-hybridized carbons (Fsp3) is 0.810. The van der Waals surface area contributed by atoms with Crippen LogP contribution in [0.3, 0.4) is 0 Å². The van der Waals surface area contributed by atoms with Crippen molar-refractivity contribution < 1.29 is 4.74 Å². The van der Waals surface area contributed by atoms with Crippen LogP contribution in [0.2, 0.25) is 0 Å². The minimum absolute atomic E-state index is 0.116. The van der Waals surface area contributed by atoms with Gasteiger partial charge in [-0.1, -0.05) is 97.8 Å². The van der Waals surface area contributed by atoms with Crippen LogP contribution < -0.4 is 5.32 Å². The molecule has 0 amide bonds. The van der Waals surface area contributed by atoms with E-state index in [0.717, 1.165) is 5.76 Å². The van der Waals surface area contributed by atoms with Gasteiger partial charge in [0, 0.05) is 11.6 Å². The Labute approximate surface area is 144 Å². The van der Waals surface area contributed by atoms with E-state index >= 15 is 0 Å². The standard InChI is InChI=1S/C21H39NO/c1-5-6-7-8-9-10-11-12-13-14-15-16-17-21(3,4)20-18-22-19(2)23-20/h18,22H,2,5-17H2,1,3-4H3. The molecular weight excluding hydrogens is 282 g/mol. The van der Waals surface area contributed by atoms with E-state index in [1.165, 1.54) is 83.5 Å². The molecule has 1 aliphatic heterocycles. The van der Waals surface area contributed by atoms with Crippen molar-refractivity contribution in [3.8, 4) is 0 Å². The van der Waals surface area contributed by atoms with Crippen molar-refractivity contribution in [3.63, 3.8) is 0 Å². The van der Waals surface area contributed by atoms with Crippen LogP contribution in [0.5, 0.6) is 0 Å². The van der Waals surface area contributed by atoms with E-state index in [2.05, 4.69) is 32.7 Å². The van der Waals surface area contributed by atoms with Crippen molar-refractivity contribution in [2.24, 2.45) is 5.41 Å². The van der Waals surface area contributed by atoms with Gasteiger partial charge in [-0.25, -0.2) is 0 Å². The first-order chi connectivity index (χ1) is 11.1. The van der Waals surface area contributed by atoms with Crippen LogP contribution in [0.15, 0.2) is 24.4 Å². The summed E-state index contributed by atoms with van der Waals surface area (Å²) in [5, 5.41) is 3.04. The van der Waals surface area contributed by atoms with Crippen LogP contribution in [-0.4, -0.2) is 0 Å². The summed E-state index contributed by atoms with van der Waals surface area (Å²) in [5.74, 6) is 1.69. The summed E-state index contributed by atoms with van der Waals surface area (Å²) in [7, 11) is 0. The Morgan fingerprint density at radius 3 is 1.78 bits per heavy atom. The van der Waals surface area contributed by atoms with Gasteiger partial charge in [-0.05, 0) is 13.0 Å². The summed E-state index contributed by atoms with van der Waals surface area (Å²) >= 11 is 0. The molecule has 0 radical (unpaired) electrons. The Bertz CT molecular complexity index is 357. The van der Waals surface area contributed by atoms with Crippen molar-refractivity contribution in [1.29, 1.82) is 0 Å². The highest BCUT2D eigenvalue weighted by Gasteiger charge is 2.28. The van der Waals surface area contributed by atoms with Gasteiger partial charge in [0.25, 0.3) is 0 Å².